The molecule has 0 bridgehead atoms. The van der Waals surface area contributed by atoms with Crippen LogP contribution in [0.1, 0.15) is 26.7 Å². The van der Waals surface area contributed by atoms with Crippen molar-refractivity contribution in [3.05, 3.63) is 0 Å². The van der Waals surface area contributed by atoms with E-state index >= 15 is 0 Å². The van der Waals surface area contributed by atoms with Crippen LogP contribution in [0.3, 0.4) is 0 Å². The maximum Gasteiger partial charge on any atom is 0.394 e. The van der Waals surface area contributed by atoms with E-state index in [2.05, 4.69) is 0 Å². The number of halogens is 3. The van der Waals surface area contributed by atoms with Crippen molar-refractivity contribution in [1.29, 1.82) is 0 Å². The van der Waals surface area contributed by atoms with Gasteiger partial charge in [-0.3, -0.25) is 4.79 Å². The number of rotatable bonds is 4. The summed E-state index contributed by atoms with van der Waals surface area (Å²) in [5, 5.41) is 8.90. The minimum absolute atomic E-state index is 0.318. The zero-order valence-corrected chi connectivity index (χ0v) is 9.83. The lowest BCUT2D eigenvalue weighted by atomic mass is 9.87. The van der Waals surface area contributed by atoms with E-state index in [9.17, 15) is 18.0 Å². The Morgan fingerprint density at radius 3 is 2.47 bits per heavy atom. The van der Waals surface area contributed by atoms with Crippen molar-refractivity contribution < 1.29 is 27.8 Å². The zero-order valence-electron chi connectivity index (χ0n) is 9.83. The van der Waals surface area contributed by atoms with Gasteiger partial charge >= 0.3 is 12.1 Å². The second kappa shape index (κ2) is 5.25. The van der Waals surface area contributed by atoms with Gasteiger partial charge < -0.3 is 9.84 Å². The van der Waals surface area contributed by atoms with Gasteiger partial charge in [-0.15, -0.1) is 0 Å². The summed E-state index contributed by atoms with van der Waals surface area (Å²) in [6.45, 7) is 3.33. The van der Waals surface area contributed by atoms with Crippen molar-refractivity contribution in [1.82, 2.24) is 0 Å². The van der Waals surface area contributed by atoms with Crippen LogP contribution in [0.2, 0.25) is 0 Å². The molecule has 100 valence electrons. The lowest BCUT2D eigenvalue weighted by molar-refractivity contribution is -0.190. The maximum atomic E-state index is 12.6. The summed E-state index contributed by atoms with van der Waals surface area (Å²) in [6, 6.07) is 0. The van der Waals surface area contributed by atoms with Crippen molar-refractivity contribution in [2.75, 3.05) is 6.61 Å². The number of alkyl halides is 3. The molecular formula is C11H17F3O3. The lowest BCUT2D eigenvalue weighted by Crippen LogP contribution is -2.36. The van der Waals surface area contributed by atoms with Gasteiger partial charge in [0.2, 0.25) is 0 Å². The van der Waals surface area contributed by atoms with Gasteiger partial charge in [-0.05, 0) is 18.8 Å². The van der Waals surface area contributed by atoms with Crippen LogP contribution in [0.5, 0.6) is 0 Å². The maximum absolute atomic E-state index is 12.6. The fraction of sp³-hybridized carbons (Fsp3) is 0.909. The van der Waals surface area contributed by atoms with Gasteiger partial charge in [-0.25, -0.2) is 0 Å². The summed E-state index contributed by atoms with van der Waals surface area (Å²) in [4.78, 5) is 10.9. The summed E-state index contributed by atoms with van der Waals surface area (Å²) in [7, 11) is 0. The van der Waals surface area contributed by atoms with Gasteiger partial charge in [0.15, 0.2) is 0 Å². The van der Waals surface area contributed by atoms with Crippen molar-refractivity contribution in [3.8, 4) is 0 Å². The highest BCUT2D eigenvalue weighted by Crippen LogP contribution is 2.41. The molecule has 3 nitrogen and oxygen atoms in total. The Morgan fingerprint density at radius 1 is 1.47 bits per heavy atom. The minimum Gasteiger partial charge on any atom is -0.481 e. The molecule has 0 aliphatic carbocycles. The minimum atomic E-state index is -4.50. The Balaban J connectivity index is 2.71. The highest BCUT2D eigenvalue weighted by atomic mass is 19.4. The molecule has 1 aliphatic rings. The van der Waals surface area contributed by atoms with E-state index in [-0.39, 0.29) is 0 Å². The van der Waals surface area contributed by atoms with E-state index in [1.54, 1.807) is 0 Å². The van der Waals surface area contributed by atoms with Crippen molar-refractivity contribution >= 4 is 5.97 Å². The van der Waals surface area contributed by atoms with Crippen LogP contribution in [0, 0.1) is 17.8 Å². The van der Waals surface area contributed by atoms with Gasteiger partial charge in [0, 0.05) is 0 Å². The van der Waals surface area contributed by atoms with E-state index in [1.165, 1.54) is 0 Å². The SMILES string of the molecule is CC(C)CC[C@@H]1OC[C@H](C(F)(F)F)[C@H]1C(=O)O. The number of carboxylic acids is 1. The molecule has 1 heterocycles. The normalized spacial score (nSPS) is 29.9. The first kappa shape index (κ1) is 14.3. The Bertz CT molecular complexity index is 276. The molecule has 1 saturated heterocycles. The molecule has 0 aromatic carbocycles. The van der Waals surface area contributed by atoms with Crippen molar-refractivity contribution in [3.63, 3.8) is 0 Å². The van der Waals surface area contributed by atoms with Crippen LogP contribution < -0.4 is 0 Å². The molecule has 6 heteroatoms. The average Bonchev–Trinajstić information content (AvgIpc) is 2.57. The summed E-state index contributed by atoms with van der Waals surface area (Å²) < 4.78 is 42.8. The fourth-order valence-corrected chi connectivity index (χ4v) is 2.08. The Morgan fingerprint density at radius 2 is 2.06 bits per heavy atom. The topological polar surface area (TPSA) is 46.5 Å². The van der Waals surface area contributed by atoms with Crippen LogP contribution in [-0.4, -0.2) is 30.0 Å². The molecule has 1 N–H and O–H groups in total. The number of carboxylic acid groups (broad SMARTS) is 1. The van der Waals surface area contributed by atoms with Crippen LogP contribution in [0.4, 0.5) is 13.2 Å². The standard InChI is InChI=1S/C11H17F3O3/c1-6(2)3-4-8-9(10(15)16)7(5-17-8)11(12,13)14/h6-9H,3-5H2,1-2H3,(H,15,16)/t7-,8-,9+/m0/s1. The molecule has 3 atom stereocenters. The molecule has 1 fully saturated rings. The highest BCUT2D eigenvalue weighted by molar-refractivity contribution is 5.71. The molecule has 0 spiro atoms. The monoisotopic (exact) mass is 254 g/mol. The third-order valence-electron chi connectivity index (χ3n) is 3.06. The molecule has 0 aromatic heterocycles. The number of ether oxygens (including phenoxy) is 1. The fourth-order valence-electron chi connectivity index (χ4n) is 2.08. The van der Waals surface area contributed by atoms with E-state index in [1.807, 2.05) is 13.8 Å². The molecule has 0 unspecified atom stereocenters. The summed E-state index contributed by atoms with van der Waals surface area (Å²) in [5.74, 6) is -4.44. The van der Waals surface area contributed by atoms with E-state index < -0.39 is 36.7 Å². The quantitative estimate of drug-likeness (QED) is 0.839. The summed E-state index contributed by atoms with van der Waals surface area (Å²) >= 11 is 0. The lowest BCUT2D eigenvalue weighted by Gasteiger charge is -2.21. The van der Waals surface area contributed by atoms with Crippen LogP contribution in [0.25, 0.3) is 0 Å². The van der Waals surface area contributed by atoms with E-state index in [0.29, 0.717) is 18.8 Å². The molecule has 1 aliphatic heterocycles. The number of aliphatic carboxylic acids is 1. The predicted octanol–water partition coefficient (Wildman–Crippen LogP) is 2.70. The Hall–Kier alpha value is -0.780. The first-order valence-electron chi connectivity index (χ1n) is 5.64. The molecular weight excluding hydrogens is 237 g/mol. The molecule has 0 amide bonds. The number of carbonyl (C=O) groups is 1. The smallest absolute Gasteiger partial charge is 0.394 e. The second-order valence-electron chi connectivity index (χ2n) is 4.86. The van der Waals surface area contributed by atoms with Gasteiger partial charge in [-0.2, -0.15) is 13.2 Å². The van der Waals surface area contributed by atoms with E-state index in [4.69, 9.17) is 9.84 Å². The van der Waals surface area contributed by atoms with Crippen LogP contribution >= 0.6 is 0 Å². The molecule has 0 radical (unpaired) electrons. The average molecular weight is 254 g/mol. The highest BCUT2D eigenvalue weighted by Gasteiger charge is 2.54. The van der Waals surface area contributed by atoms with Crippen molar-refractivity contribution in [2.24, 2.45) is 17.8 Å². The predicted molar refractivity (Wildman–Crippen MR) is 54.5 cm³/mol. The third kappa shape index (κ3) is 3.59. The zero-order chi connectivity index (χ0) is 13.2. The molecule has 0 aromatic rings. The molecule has 0 saturated carbocycles. The van der Waals surface area contributed by atoms with Crippen LogP contribution in [-0.2, 0) is 9.53 Å². The van der Waals surface area contributed by atoms with Crippen LogP contribution in [0.15, 0.2) is 0 Å². The Labute approximate surface area is 97.9 Å². The second-order valence-corrected chi connectivity index (χ2v) is 4.86. The van der Waals surface area contributed by atoms with E-state index in [0.717, 1.165) is 0 Å². The van der Waals surface area contributed by atoms with Gasteiger partial charge in [-0.1, -0.05) is 13.8 Å². The first-order chi connectivity index (χ1) is 7.73. The first-order valence-corrected chi connectivity index (χ1v) is 5.64. The van der Waals surface area contributed by atoms with Gasteiger partial charge in [0.25, 0.3) is 0 Å². The van der Waals surface area contributed by atoms with Gasteiger partial charge in [0.05, 0.1) is 24.5 Å². The van der Waals surface area contributed by atoms with Crippen molar-refractivity contribution in [2.45, 2.75) is 39.0 Å². The number of hydrogen-bond donors (Lipinski definition) is 1. The summed E-state index contributed by atoms with van der Waals surface area (Å²) in [5.41, 5.74) is 0. The third-order valence-corrected chi connectivity index (χ3v) is 3.06. The number of hydrogen-bond acceptors (Lipinski definition) is 2. The Kier molecular flexibility index (Phi) is 4.41. The van der Waals surface area contributed by atoms with Gasteiger partial charge in [0.1, 0.15) is 0 Å². The largest absolute Gasteiger partial charge is 0.481 e. The summed E-state index contributed by atoms with van der Waals surface area (Å²) in [6.07, 6.45) is -4.29. The molecule has 1 rings (SSSR count). The molecule has 17 heavy (non-hydrogen) atoms.